The minimum absolute atomic E-state index is 0.0778. The number of hydrogen-bond acceptors (Lipinski definition) is 5. The van der Waals surface area contributed by atoms with Gasteiger partial charge in [0.05, 0.1) is 31.8 Å². The lowest BCUT2D eigenvalue weighted by atomic mass is 10.2. The fraction of sp³-hybridized carbons (Fsp3) is 0.154. The first-order chi connectivity index (χ1) is 17.8. The number of amides is 1. The summed E-state index contributed by atoms with van der Waals surface area (Å²) in [5.74, 6) is -0.0791. The lowest BCUT2D eigenvalue weighted by Gasteiger charge is -2.12. The van der Waals surface area contributed by atoms with Gasteiger partial charge in [-0.25, -0.2) is 9.37 Å². The Morgan fingerprint density at radius 1 is 1.14 bits per heavy atom. The number of fused-ring (bicyclic) bond motifs is 1. The number of rotatable bonds is 8. The molecule has 1 heterocycles. The molecule has 4 aromatic rings. The molecule has 3 aromatic carbocycles. The van der Waals surface area contributed by atoms with Gasteiger partial charge in [0.25, 0.3) is 11.5 Å². The molecule has 0 aliphatic carbocycles. The summed E-state index contributed by atoms with van der Waals surface area (Å²) in [7, 11) is 0. The summed E-state index contributed by atoms with van der Waals surface area (Å²) in [5, 5.41) is 7.37. The average molecular weight is 695 g/mol. The molecular weight excluding hydrogens is 675 g/mol. The third kappa shape index (κ3) is 6.52. The predicted molar refractivity (Wildman–Crippen MR) is 153 cm³/mol. The van der Waals surface area contributed by atoms with Gasteiger partial charge in [0.1, 0.15) is 17.4 Å². The van der Waals surface area contributed by atoms with E-state index in [4.69, 9.17) is 4.74 Å². The van der Waals surface area contributed by atoms with Gasteiger partial charge in [0, 0.05) is 10.9 Å². The van der Waals surface area contributed by atoms with Crippen LogP contribution >= 0.6 is 47.8 Å². The molecular formula is C26H20Br3FN4O3. The van der Waals surface area contributed by atoms with Gasteiger partial charge in [0.15, 0.2) is 6.61 Å². The van der Waals surface area contributed by atoms with E-state index < -0.39 is 11.7 Å². The second-order valence-electron chi connectivity index (χ2n) is 7.93. The van der Waals surface area contributed by atoms with Crippen molar-refractivity contribution in [2.45, 2.75) is 19.8 Å². The van der Waals surface area contributed by atoms with Gasteiger partial charge in [-0.3, -0.25) is 9.59 Å². The second-order valence-corrected chi connectivity index (χ2v) is 10.6. The van der Waals surface area contributed by atoms with Crippen LogP contribution in [0.3, 0.4) is 0 Å². The number of ether oxygens (including phenoxy) is 1. The summed E-state index contributed by atoms with van der Waals surface area (Å²) in [6, 6.07) is 14.8. The molecule has 0 aliphatic heterocycles. The molecule has 0 saturated carbocycles. The van der Waals surface area contributed by atoms with Crippen molar-refractivity contribution >= 4 is 76.5 Å². The molecule has 1 amide bonds. The zero-order chi connectivity index (χ0) is 26.5. The van der Waals surface area contributed by atoms with Crippen LogP contribution in [0.25, 0.3) is 10.9 Å². The van der Waals surface area contributed by atoms with Gasteiger partial charge in [-0.15, -0.1) is 0 Å². The Morgan fingerprint density at radius 2 is 1.86 bits per heavy atom. The molecule has 7 nitrogen and oxygen atoms in total. The Bertz CT molecular complexity index is 1550. The van der Waals surface area contributed by atoms with Crippen LogP contribution in [0.1, 0.15) is 24.7 Å². The largest absolute Gasteiger partial charge is 0.481 e. The van der Waals surface area contributed by atoms with Gasteiger partial charge in [-0.05, 0) is 86.3 Å². The van der Waals surface area contributed by atoms with Crippen LogP contribution in [-0.2, 0) is 11.2 Å². The number of nitrogens with one attached hydrogen (secondary N) is 1. The normalized spacial score (nSPS) is 11.3. The van der Waals surface area contributed by atoms with Crippen molar-refractivity contribution in [1.29, 1.82) is 0 Å². The first-order valence-corrected chi connectivity index (χ1v) is 13.6. The molecule has 0 radical (unpaired) electrons. The minimum atomic E-state index is -0.530. The summed E-state index contributed by atoms with van der Waals surface area (Å²) in [4.78, 5) is 30.0. The number of carbonyl (C=O) groups excluding carboxylic acids is 1. The number of aromatic nitrogens is 2. The van der Waals surface area contributed by atoms with Gasteiger partial charge < -0.3 is 10.1 Å². The van der Waals surface area contributed by atoms with E-state index in [0.717, 1.165) is 10.9 Å². The molecule has 0 aliphatic rings. The highest BCUT2D eigenvalue weighted by Gasteiger charge is 2.14. The average Bonchev–Trinajstić information content (AvgIpc) is 2.85. The van der Waals surface area contributed by atoms with Crippen molar-refractivity contribution in [3.63, 3.8) is 0 Å². The number of nitrogens with zero attached hydrogens (tertiary/aromatic N) is 3. The summed E-state index contributed by atoms with van der Waals surface area (Å²) in [6.07, 6.45) is 2.95. The number of benzene rings is 3. The first-order valence-electron chi connectivity index (χ1n) is 11.2. The predicted octanol–water partition coefficient (Wildman–Crippen LogP) is 6.68. The molecule has 0 bridgehead atoms. The maximum atomic E-state index is 13.8. The molecule has 1 aromatic heterocycles. The molecule has 1 N–H and O–H groups in total. The fourth-order valence-corrected chi connectivity index (χ4v) is 5.31. The highest BCUT2D eigenvalue weighted by atomic mass is 79.9. The van der Waals surface area contributed by atoms with Gasteiger partial charge in [-0.1, -0.05) is 35.0 Å². The van der Waals surface area contributed by atoms with E-state index in [1.54, 1.807) is 36.5 Å². The maximum Gasteiger partial charge on any atom is 0.282 e. The van der Waals surface area contributed by atoms with Gasteiger partial charge in [0.2, 0.25) is 0 Å². The van der Waals surface area contributed by atoms with Crippen LogP contribution in [0.15, 0.2) is 77.9 Å². The van der Waals surface area contributed by atoms with Gasteiger partial charge >= 0.3 is 0 Å². The van der Waals surface area contributed by atoms with E-state index in [0.29, 0.717) is 43.4 Å². The summed E-state index contributed by atoms with van der Waals surface area (Å²) >= 11 is 10.3. The van der Waals surface area contributed by atoms with Crippen molar-refractivity contribution in [2.75, 3.05) is 11.9 Å². The summed E-state index contributed by atoms with van der Waals surface area (Å²) in [6.45, 7) is 1.68. The number of aryl methyl sites for hydroxylation is 1. The van der Waals surface area contributed by atoms with E-state index in [9.17, 15) is 14.0 Å². The van der Waals surface area contributed by atoms with E-state index in [1.165, 1.54) is 22.9 Å². The zero-order valence-electron chi connectivity index (χ0n) is 19.5. The first kappa shape index (κ1) is 27.2. The highest BCUT2D eigenvalue weighted by Crippen LogP contribution is 2.34. The standard InChI is InChI=1S/C26H20Br3FN4O3/c1-2-5-23-32-21-9-8-16(27)12-17(21)26(36)34(23)31-13-15-10-18(28)25(19(29)11-15)37-14-24(35)33-22-7-4-3-6-20(22)30/h3-4,6-13H,2,5,14H2,1H3,(H,33,35). The Hall–Kier alpha value is -2.89. The van der Waals surface area contributed by atoms with E-state index in [1.807, 2.05) is 13.0 Å². The molecule has 4 rings (SSSR count). The zero-order valence-corrected chi connectivity index (χ0v) is 24.2. The molecule has 11 heteroatoms. The molecule has 0 unspecified atom stereocenters. The molecule has 0 fully saturated rings. The van der Waals surface area contributed by atoms with Crippen molar-refractivity contribution in [1.82, 2.24) is 9.66 Å². The van der Waals surface area contributed by atoms with Crippen LogP contribution in [-0.4, -0.2) is 28.4 Å². The van der Waals surface area contributed by atoms with Crippen LogP contribution in [0, 0.1) is 5.82 Å². The van der Waals surface area contributed by atoms with Gasteiger partial charge in [-0.2, -0.15) is 9.78 Å². The fourth-order valence-electron chi connectivity index (χ4n) is 3.50. The van der Waals surface area contributed by atoms with E-state index in [2.05, 4.69) is 63.2 Å². The monoisotopic (exact) mass is 692 g/mol. The lowest BCUT2D eigenvalue weighted by Crippen LogP contribution is -2.22. The molecule has 0 saturated heterocycles. The molecule has 0 atom stereocenters. The van der Waals surface area contributed by atoms with Crippen molar-refractivity contribution in [3.8, 4) is 5.75 Å². The van der Waals surface area contributed by atoms with Crippen LogP contribution in [0.5, 0.6) is 5.75 Å². The van der Waals surface area contributed by atoms with Crippen LogP contribution in [0.2, 0.25) is 0 Å². The Balaban J connectivity index is 1.55. The van der Waals surface area contributed by atoms with E-state index >= 15 is 0 Å². The Labute approximate surface area is 237 Å². The number of carbonyl (C=O) groups is 1. The van der Waals surface area contributed by atoms with Crippen molar-refractivity contribution in [2.24, 2.45) is 5.10 Å². The topological polar surface area (TPSA) is 85.6 Å². The maximum absolute atomic E-state index is 13.8. The number of anilines is 1. The number of hydrogen-bond donors (Lipinski definition) is 1. The smallest absolute Gasteiger partial charge is 0.282 e. The number of para-hydroxylation sites is 1. The molecule has 37 heavy (non-hydrogen) atoms. The quantitative estimate of drug-likeness (QED) is 0.209. The third-order valence-corrected chi connectivity index (χ3v) is 6.86. The summed E-state index contributed by atoms with van der Waals surface area (Å²) in [5.41, 5.74) is 1.11. The van der Waals surface area contributed by atoms with Crippen molar-refractivity contribution in [3.05, 3.63) is 95.6 Å². The third-order valence-electron chi connectivity index (χ3n) is 5.19. The molecule has 190 valence electrons. The van der Waals surface area contributed by atoms with E-state index in [-0.39, 0.29) is 17.9 Å². The lowest BCUT2D eigenvalue weighted by molar-refractivity contribution is -0.118. The van der Waals surface area contributed by atoms with Crippen LogP contribution < -0.4 is 15.6 Å². The Morgan fingerprint density at radius 3 is 2.57 bits per heavy atom. The number of halogens is 4. The highest BCUT2D eigenvalue weighted by molar-refractivity contribution is 9.11. The Kier molecular flexibility index (Phi) is 8.88. The van der Waals surface area contributed by atoms with Crippen LogP contribution in [0.4, 0.5) is 10.1 Å². The van der Waals surface area contributed by atoms with Crippen molar-refractivity contribution < 1.29 is 13.9 Å². The minimum Gasteiger partial charge on any atom is -0.481 e. The summed E-state index contributed by atoms with van der Waals surface area (Å²) < 4.78 is 22.6. The molecule has 0 spiro atoms. The SMILES string of the molecule is CCCc1nc2ccc(Br)cc2c(=O)n1N=Cc1cc(Br)c(OCC(=O)Nc2ccccc2F)c(Br)c1. The second kappa shape index (κ2) is 12.1.